The lowest BCUT2D eigenvalue weighted by Crippen LogP contribution is -2.32. The summed E-state index contributed by atoms with van der Waals surface area (Å²) < 4.78 is 14.5. The highest BCUT2D eigenvalue weighted by Gasteiger charge is 2.46. The number of benzene rings is 1. The molecule has 2 N–H and O–H groups in total. The number of alkyl halides is 1. The highest BCUT2D eigenvalue weighted by atomic mass is 19.1. The maximum absolute atomic E-state index is 14.5. The van der Waals surface area contributed by atoms with Gasteiger partial charge in [0.15, 0.2) is 5.67 Å². The first-order chi connectivity index (χ1) is 7.20. The summed E-state index contributed by atoms with van der Waals surface area (Å²) in [6.45, 7) is 2.20. The monoisotopic (exact) mass is 207 g/mol. The van der Waals surface area contributed by atoms with E-state index in [1.54, 1.807) is 0 Å². The van der Waals surface area contributed by atoms with E-state index in [2.05, 4.69) is 6.92 Å². The Morgan fingerprint density at radius 2 is 1.93 bits per heavy atom. The van der Waals surface area contributed by atoms with Crippen molar-refractivity contribution in [1.82, 2.24) is 0 Å². The molecule has 2 rings (SSSR count). The Morgan fingerprint density at radius 1 is 1.33 bits per heavy atom. The number of hydrogen-bond donors (Lipinski definition) is 1. The van der Waals surface area contributed by atoms with Gasteiger partial charge in [0, 0.05) is 6.54 Å². The predicted molar refractivity (Wildman–Crippen MR) is 60.4 cm³/mol. The Morgan fingerprint density at radius 3 is 2.33 bits per heavy atom. The predicted octanol–water partition coefficient (Wildman–Crippen LogP) is 2.78. The Hall–Kier alpha value is -0.890. The molecular formula is C13H18FN. The van der Waals surface area contributed by atoms with Gasteiger partial charge in [-0.15, -0.1) is 0 Å². The van der Waals surface area contributed by atoms with Crippen LogP contribution in [0.5, 0.6) is 0 Å². The van der Waals surface area contributed by atoms with E-state index in [4.69, 9.17) is 5.73 Å². The third kappa shape index (κ3) is 1.91. The van der Waals surface area contributed by atoms with Crippen LogP contribution in [-0.2, 0) is 12.1 Å². The molecule has 0 saturated heterocycles. The van der Waals surface area contributed by atoms with E-state index in [9.17, 15) is 4.39 Å². The summed E-state index contributed by atoms with van der Waals surface area (Å²) in [7, 11) is 0. The minimum Gasteiger partial charge on any atom is -0.327 e. The summed E-state index contributed by atoms with van der Waals surface area (Å²) >= 11 is 0. The summed E-state index contributed by atoms with van der Waals surface area (Å²) in [5, 5.41) is 0. The summed E-state index contributed by atoms with van der Waals surface area (Å²) in [6, 6.07) is 7.79. The zero-order chi connectivity index (χ0) is 10.9. The van der Waals surface area contributed by atoms with Crippen LogP contribution in [0.25, 0.3) is 0 Å². The maximum atomic E-state index is 14.5. The molecular weight excluding hydrogens is 189 g/mol. The Bertz CT molecular complexity index is 329. The lowest BCUT2D eigenvalue weighted by atomic mass is 9.90. The Balaban J connectivity index is 2.26. The third-order valence-corrected chi connectivity index (χ3v) is 3.36. The van der Waals surface area contributed by atoms with Crippen LogP contribution >= 0.6 is 0 Å². The van der Waals surface area contributed by atoms with Gasteiger partial charge in [0.2, 0.25) is 0 Å². The summed E-state index contributed by atoms with van der Waals surface area (Å²) in [6.07, 6.45) is 2.94. The number of rotatable bonds is 4. The second kappa shape index (κ2) is 3.93. The average molecular weight is 207 g/mol. The van der Waals surface area contributed by atoms with Crippen LogP contribution in [0.3, 0.4) is 0 Å². The first-order valence-corrected chi connectivity index (χ1v) is 5.69. The smallest absolute Gasteiger partial charge is 0.150 e. The van der Waals surface area contributed by atoms with E-state index < -0.39 is 5.67 Å². The molecule has 1 fully saturated rings. The van der Waals surface area contributed by atoms with Crippen molar-refractivity contribution >= 4 is 0 Å². The molecule has 1 aromatic rings. The van der Waals surface area contributed by atoms with Gasteiger partial charge in [-0.25, -0.2) is 4.39 Å². The van der Waals surface area contributed by atoms with Gasteiger partial charge in [0.1, 0.15) is 0 Å². The Kier molecular flexibility index (Phi) is 2.79. The van der Waals surface area contributed by atoms with Crippen molar-refractivity contribution in [2.24, 2.45) is 11.7 Å². The SMILES string of the molecule is CCc1ccc(C(F)(CN)C2CC2)cc1. The molecule has 0 spiro atoms. The molecule has 1 aliphatic carbocycles. The van der Waals surface area contributed by atoms with E-state index in [-0.39, 0.29) is 12.5 Å². The molecule has 82 valence electrons. The minimum atomic E-state index is -1.29. The van der Waals surface area contributed by atoms with Crippen molar-refractivity contribution in [2.45, 2.75) is 31.9 Å². The summed E-state index contributed by atoms with van der Waals surface area (Å²) in [4.78, 5) is 0. The second-order valence-corrected chi connectivity index (χ2v) is 4.39. The molecule has 0 bridgehead atoms. The van der Waals surface area contributed by atoms with Gasteiger partial charge in [-0.2, -0.15) is 0 Å². The lowest BCUT2D eigenvalue weighted by Gasteiger charge is -2.24. The van der Waals surface area contributed by atoms with Crippen LogP contribution in [0.15, 0.2) is 24.3 Å². The van der Waals surface area contributed by atoms with E-state index in [0.717, 1.165) is 24.8 Å². The molecule has 1 unspecified atom stereocenters. The lowest BCUT2D eigenvalue weighted by molar-refractivity contribution is 0.143. The number of nitrogens with two attached hydrogens (primary N) is 1. The maximum Gasteiger partial charge on any atom is 0.150 e. The molecule has 0 aromatic heterocycles. The standard InChI is InChI=1S/C13H18FN/c1-2-10-3-5-11(6-4-10)13(14,9-15)12-7-8-12/h3-6,12H,2,7-9,15H2,1H3. The largest absolute Gasteiger partial charge is 0.327 e. The molecule has 0 heterocycles. The third-order valence-electron chi connectivity index (χ3n) is 3.36. The fourth-order valence-electron chi connectivity index (χ4n) is 2.08. The molecule has 1 saturated carbocycles. The van der Waals surface area contributed by atoms with Gasteiger partial charge in [-0.05, 0) is 36.3 Å². The van der Waals surface area contributed by atoms with Crippen LogP contribution in [0.2, 0.25) is 0 Å². The number of aryl methyl sites for hydroxylation is 1. The molecule has 1 aromatic carbocycles. The van der Waals surface area contributed by atoms with E-state index in [1.165, 1.54) is 5.56 Å². The first-order valence-electron chi connectivity index (χ1n) is 5.69. The second-order valence-electron chi connectivity index (χ2n) is 4.39. The van der Waals surface area contributed by atoms with E-state index in [1.807, 2.05) is 24.3 Å². The quantitative estimate of drug-likeness (QED) is 0.807. The number of halogens is 1. The van der Waals surface area contributed by atoms with Crippen LogP contribution in [0.1, 0.15) is 30.9 Å². The summed E-state index contributed by atoms with van der Waals surface area (Å²) in [5.74, 6) is 0.148. The van der Waals surface area contributed by atoms with Gasteiger partial charge in [-0.3, -0.25) is 0 Å². The highest BCUT2D eigenvalue weighted by molar-refractivity contribution is 5.29. The van der Waals surface area contributed by atoms with Crippen LogP contribution in [-0.4, -0.2) is 6.54 Å². The molecule has 15 heavy (non-hydrogen) atoms. The van der Waals surface area contributed by atoms with Crippen molar-refractivity contribution in [3.05, 3.63) is 35.4 Å². The molecule has 1 aliphatic rings. The van der Waals surface area contributed by atoms with Crippen molar-refractivity contribution in [3.8, 4) is 0 Å². The van der Waals surface area contributed by atoms with Crippen LogP contribution in [0, 0.1) is 5.92 Å². The zero-order valence-corrected chi connectivity index (χ0v) is 9.17. The van der Waals surface area contributed by atoms with E-state index in [0.29, 0.717) is 0 Å². The Labute approximate surface area is 90.5 Å². The molecule has 0 amide bonds. The van der Waals surface area contributed by atoms with E-state index >= 15 is 0 Å². The molecule has 0 radical (unpaired) electrons. The summed E-state index contributed by atoms with van der Waals surface area (Å²) in [5.41, 5.74) is 6.29. The first kappa shape index (κ1) is 10.6. The number of hydrogen-bond acceptors (Lipinski definition) is 1. The van der Waals surface area contributed by atoms with Gasteiger partial charge >= 0.3 is 0 Å². The molecule has 1 nitrogen and oxygen atoms in total. The van der Waals surface area contributed by atoms with Gasteiger partial charge in [0.05, 0.1) is 0 Å². The molecule has 0 aliphatic heterocycles. The van der Waals surface area contributed by atoms with Crippen LogP contribution < -0.4 is 5.73 Å². The normalized spacial score (nSPS) is 19.9. The van der Waals surface area contributed by atoms with Gasteiger partial charge < -0.3 is 5.73 Å². The molecule has 2 heteroatoms. The minimum absolute atomic E-state index is 0.100. The molecule has 1 atom stereocenters. The van der Waals surface area contributed by atoms with Crippen LogP contribution in [0.4, 0.5) is 4.39 Å². The average Bonchev–Trinajstić information content (AvgIpc) is 3.12. The fraction of sp³-hybridized carbons (Fsp3) is 0.538. The van der Waals surface area contributed by atoms with Gasteiger partial charge in [-0.1, -0.05) is 31.2 Å². The van der Waals surface area contributed by atoms with Crippen molar-refractivity contribution < 1.29 is 4.39 Å². The van der Waals surface area contributed by atoms with Gasteiger partial charge in [0.25, 0.3) is 0 Å². The van der Waals surface area contributed by atoms with Crippen molar-refractivity contribution in [2.75, 3.05) is 6.54 Å². The van der Waals surface area contributed by atoms with Crippen molar-refractivity contribution in [3.63, 3.8) is 0 Å². The zero-order valence-electron chi connectivity index (χ0n) is 9.17. The fourth-order valence-corrected chi connectivity index (χ4v) is 2.08. The topological polar surface area (TPSA) is 26.0 Å². The van der Waals surface area contributed by atoms with Crippen molar-refractivity contribution in [1.29, 1.82) is 0 Å². The highest BCUT2D eigenvalue weighted by Crippen LogP contribution is 2.47.